The van der Waals surface area contributed by atoms with Gasteiger partial charge in [0, 0.05) is 38.6 Å². The molecule has 1 aliphatic rings. The number of hydrazine groups is 1. The summed E-state index contributed by atoms with van der Waals surface area (Å²) in [6, 6.07) is 5.83. The molecule has 27 heavy (non-hydrogen) atoms. The quantitative estimate of drug-likeness (QED) is 0.541. The molecule has 2 rings (SSSR count). The molecule has 0 aromatic heterocycles. The lowest BCUT2D eigenvalue weighted by Crippen LogP contribution is -2.40. The second-order valence-electron chi connectivity index (χ2n) is 6.36. The third kappa shape index (κ3) is 10.0. The number of benzene rings is 1. The van der Waals surface area contributed by atoms with Crippen LogP contribution in [0.15, 0.2) is 49.2 Å². The molecule has 0 spiro atoms. The van der Waals surface area contributed by atoms with E-state index in [4.69, 9.17) is 5.73 Å². The fourth-order valence-corrected chi connectivity index (χ4v) is 2.79. The zero-order valence-corrected chi connectivity index (χ0v) is 18.1. The zero-order valence-electron chi connectivity index (χ0n) is 18.1. The van der Waals surface area contributed by atoms with Gasteiger partial charge >= 0.3 is 0 Å². The summed E-state index contributed by atoms with van der Waals surface area (Å²) in [5, 5.41) is 7.66. The zero-order chi connectivity index (χ0) is 20.7. The number of nitrogen functional groups attached to an aromatic ring is 1. The predicted octanol–water partition coefficient (Wildman–Crippen LogP) is 5.07. The van der Waals surface area contributed by atoms with Crippen LogP contribution >= 0.6 is 0 Å². The van der Waals surface area contributed by atoms with E-state index in [9.17, 15) is 0 Å². The first-order chi connectivity index (χ1) is 13.0. The number of piperidine rings is 1. The Kier molecular flexibility index (Phi) is 13.9. The van der Waals surface area contributed by atoms with E-state index >= 15 is 0 Å². The lowest BCUT2D eigenvalue weighted by Gasteiger charge is -2.34. The van der Waals surface area contributed by atoms with Gasteiger partial charge in [-0.2, -0.15) is 0 Å². The second-order valence-corrected chi connectivity index (χ2v) is 6.36. The molecule has 1 saturated heterocycles. The van der Waals surface area contributed by atoms with Crippen molar-refractivity contribution in [3.63, 3.8) is 0 Å². The average molecular weight is 373 g/mol. The number of nitrogens with two attached hydrogens (primary N) is 1. The summed E-state index contributed by atoms with van der Waals surface area (Å²) in [5.41, 5.74) is 9.99. The van der Waals surface area contributed by atoms with E-state index in [1.807, 2.05) is 51.2 Å². The third-order valence-electron chi connectivity index (χ3n) is 4.25. The maximum Gasteiger partial charge on any atom is 0.0317 e. The number of nitrogens with one attached hydrogen (secondary N) is 1. The highest BCUT2D eigenvalue weighted by Crippen LogP contribution is 2.14. The highest BCUT2D eigenvalue weighted by Gasteiger charge is 2.11. The number of allylic oxidation sites excluding steroid dienone is 2. The van der Waals surface area contributed by atoms with Gasteiger partial charge < -0.3 is 16.1 Å². The van der Waals surface area contributed by atoms with E-state index in [0.717, 1.165) is 17.8 Å². The summed E-state index contributed by atoms with van der Waals surface area (Å²) >= 11 is 0. The molecule has 0 atom stereocenters. The number of hydrogen-bond donors (Lipinski definition) is 2. The summed E-state index contributed by atoms with van der Waals surface area (Å²) in [4.78, 5) is 0. The minimum absolute atomic E-state index is 0.797. The number of rotatable bonds is 6. The minimum atomic E-state index is 0.797. The summed E-state index contributed by atoms with van der Waals surface area (Å²) in [5.74, 6) is 0. The molecule has 1 aliphatic heterocycles. The normalized spacial score (nSPS) is 14.2. The van der Waals surface area contributed by atoms with E-state index in [1.165, 1.54) is 43.5 Å². The Hall–Kier alpha value is -2.04. The summed E-state index contributed by atoms with van der Waals surface area (Å²) in [6.45, 7) is 16.8. The first kappa shape index (κ1) is 25.0. The van der Waals surface area contributed by atoms with Gasteiger partial charge in [-0.05, 0) is 55.6 Å². The van der Waals surface area contributed by atoms with Crippen LogP contribution in [0.4, 0.5) is 5.69 Å². The lowest BCUT2D eigenvalue weighted by molar-refractivity contribution is 0.0267. The van der Waals surface area contributed by atoms with Gasteiger partial charge in [-0.1, -0.05) is 51.6 Å². The molecule has 1 aromatic rings. The molecule has 4 nitrogen and oxygen atoms in total. The van der Waals surface area contributed by atoms with Crippen LogP contribution < -0.4 is 11.1 Å². The summed E-state index contributed by atoms with van der Waals surface area (Å²) in [6.07, 6.45) is 9.90. The van der Waals surface area contributed by atoms with Crippen molar-refractivity contribution in [2.75, 3.05) is 32.9 Å². The van der Waals surface area contributed by atoms with Crippen molar-refractivity contribution in [3.8, 4) is 0 Å². The van der Waals surface area contributed by atoms with Crippen molar-refractivity contribution in [1.29, 1.82) is 0 Å². The van der Waals surface area contributed by atoms with Crippen molar-refractivity contribution < 1.29 is 0 Å². The molecular formula is C23H40N4. The minimum Gasteiger partial charge on any atom is -0.399 e. The largest absolute Gasteiger partial charge is 0.399 e. The van der Waals surface area contributed by atoms with Gasteiger partial charge in [-0.25, -0.2) is 5.01 Å². The SMILES string of the molecule is C=C/C(C)=C\N(C)N1CCCCC1.C=Cc1ccc(N)cc1CNC.CC. The summed E-state index contributed by atoms with van der Waals surface area (Å²) < 4.78 is 0. The Balaban J connectivity index is 0.000000460. The second kappa shape index (κ2) is 15.1. The van der Waals surface area contributed by atoms with Crippen LogP contribution in [0, 0.1) is 0 Å². The van der Waals surface area contributed by atoms with Gasteiger partial charge in [0.05, 0.1) is 0 Å². The fourth-order valence-electron chi connectivity index (χ4n) is 2.79. The van der Waals surface area contributed by atoms with Crippen molar-refractivity contribution in [3.05, 3.63) is 60.3 Å². The molecule has 4 heteroatoms. The lowest BCUT2D eigenvalue weighted by atomic mass is 10.1. The molecular weight excluding hydrogens is 332 g/mol. The van der Waals surface area contributed by atoms with E-state index < -0.39 is 0 Å². The first-order valence-corrected chi connectivity index (χ1v) is 9.95. The highest BCUT2D eigenvalue weighted by atomic mass is 15.6. The molecule has 1 heterocycles. The first-order valence-electron chi connectivity index (χ1n) is 9.95. The Labute approximate surface area is 167 Å². The molecule has 0 radical (unpaired) electrons. The van der Waals surface area contributed by atoms with Gasteiger partial charge in [0.25, 0.3) is 0 Å². The Morgan fingerprint density at radius 2 is 1.85 bits per heavy atom. The number of nitrogens with zero attached hydrogens (tertiary/aromatic N) is 2. The third-order valence-corrected chi connectivity index (χ3v) is 4.25. The van der Waals surface area contributed by atoms with E-state index in [-0.39, 0.29) is 0 Å². The predicted molar refractivity (Wildman–Crippen MR) is 122 cm³/mol. The van der Waals surface area contributed by atoms with E-state index in [1.54, 1.807) is 0 Å². The molecule has 0 bridgehead atoms. The van der Waals surface area contributed by atoms with Gasteiger partial charge in [0.15, 0.2) is 0 Å². The topological polar surface area (TPSA) is 44.5 Å². The number of hydrogen-bond acceptors (Lipinski definition) is 4. The van der Waals surface area contributed by atoms with Crippen LogP contribution in [0.5, 0.6) is 0 Å². The van der Waals surface area contributed by atoms with Crippen LogP contribution in [-0.4, -0.2) is 37.2 Å². The molecule has 1 aromatic carbocycles. The maximum absolute atomic E-state index is 5.65. The molecule has 0 amide bonds. The van der Waals surface area contributed by atoms with Crippen molar-refractivity contribution in [2.24, 2.45) is 0 Å². The standard InChI is InChI=1S/C11H20N2.C10H14N2.C2H6/c1-4-11(2)10-12(3)13-8-6-5-7-9-13;1-3-8-4-5-10(11)6-9(8)7-12-2;1-2/h4,10H,1,5-9H2,2-3H3;3-6,12H,1,7,11H2,2H3;1-2H3/b11-10-;;. The van der Waals surface area contributed by atoms with Gasteiger partial charge in [0.1, 0.15) is 0 Å². The highest BCUT2D eigenvalue weighted by molar-refractivity contribution is 5.57. The van der Waals surface area contributed by atoms with Gasteiger partial charge in [-0.3, -0.25) is 0 Å². The van der Waals surface area contributed by atoms with Crippen molar-refractivity contribution in [2.45, 2.75) is 46.6 Å². The molecule has 3 N–H and O–H groups in total. The number of anilines is 1. The van der Waals surface area contributed by atoms with Gasteiger partial charge in [0.2, 0.25) is 0 Å². The van der Waals surface area contributed by atoms with E-state index in [0.29, 0.717) is 0 Å². The van der Waals surface area contributed by atoms with Crippen LogP contribution in [0.2, 0.25) is 0 Å². The van der Waals surface area contributed by atoms with Crippen LogP contribution in [0.1, 0.15) is 51.2 Å². The monoisotopic (exact) mass is 372 g/mol. The molecule has 1 fully saturated rings. The Bertz CT molecular complexity index is 572. The fraction of sp³-hybridized carbons (Fsp3) is 0.478. The molecule has 152 valence electrons. The van der Waals surface area contributed by atoms with Crippen molar-refractivity contribution >= 4 is 11.8 Å². The molecule has 0 unspecified atom stereocenters. The van der Waals surface area contributed by atoms with Crippen LogP contribution in [0.3, 0.4) is 0 Å². The Morgan fingerprint density at radius 3 is 2.37 bits per heavy atom. The average Bonchev–Trinajstić information content (AvgIpc) is 2.71. The van der Waals surface area contributed by atoms with E-state index in [2.05, 4.69) is 48.7 Å². The summed E-state index contributed by atoms with van der Waals surface area (Å²) in [7, 11) is 4.02. The van der Waals surface area contributed by atoms with Crippen molar-refractivity contribution in [1.82, 2.24) is 15.3 Å². The van der Waals surface area contributed by atoms with Crippen LogP contribution in [0.25, 0.3) is 6.08 Å². The molecule has 0 saturated carbocycles. The van der Waals surface area contributed by atoms with Crippen LogP contribution in [-0.2, 0) is 6.54 Å². The molecule has 0 aliphatic carbocycles. The smallest absolute Gasteiger partial charge is 0.0317 e. The Morgan fingerprint density at radius 1 is 1.22 bits per heavy atom. The van der Waals surface area contributed by atoms with Gasteiger partial charge in [-0.15, -0.1) is 0 Å². The maximum atomic E-state index is 5.65.